The first-order valence-electron chi connectivity index (χ1n) is 12.4. The Labute approximate surface area is 209 Å². The van der Waals surface area contributed by atoms with E-state index in [0.717, 1.165) is 55.6 Å². The van der Waals surface area contributed by atoms with Crippen LogP contribution in [-0.2, 0) is 30.8 Å². The van der Waals surface area contributed by atoms with Gasteiger partial charge < -0.3 is 14.5 Å². The van der Waals surface area contributed by atoms with Gasteiger partial charge in [0.1, 0.15) is 5.82 Å². The average molecular weight is 487 g/mol. The molecule has 0 bridgehead atoms. The van der Waals surface area contributed by atoms with E-state index in [-0.39, 0.29) is 5.91 Å². The Balaban J connectivity index is 1.17. The van der Waals surface area contributed by atoms with Crippen molar-refractivity contribution in [1.82, 2.24) is 29.5 Å². The summed E-state index contributed by atoms with van der Waals surface area (Å²) in [5, 5.41) is 11.1. The standard InChI is InChI=1S/C27H30N6OS/c34-26(32-15-12-24-22(17-32)21-10-4-5-11-23(21)28-24)19-35-27-30-29-25(18-31-13-6-7-14-31)33(27)16-20-8-2-1-3-9-20/h1-5,8-11,28H,6-7,12-19H2. The van der Waals surface area contributed by atoms with E-state index < -0.39 is 0 Å². The predicted octanol–water partition coefficient (Wildman–Crippen LogP) is 4.08. The summed E-state index contributed by atoms with van der Waals surface area (Å²) in [4.78, 5) is 21.2. The van der Waals surface area contributed by atoms with Crippen molar-refractivity contribution in [2.75, 3.05) is 25.4 Å². The first-order valence-corrected chi connectivity index (χ1v) is 13.4. The number of hydrogen-bond donors (Lipinski definition) is 1. The van der Waals surface area contributed by atoms with Gasteiger partial charge in [0, 0.05) is 41.7 Å². The minimum absolute atomic E-state index is 0.154. The van der Waals surface area contributed by atoms with E-state index in [1.54, 1.807) is 0 Å². The zero-order chi connectivity index (χ0) is 23.6. The number of likely N-dealkylation sites (tertiary alicyclic amines) is 1. The fourth-order valence-corrected chi connectivity index (χ4v) is 6.06. The molecule has 1 N–H and O–H groups in total. The third-order valence-electron chi connectivity index (χ3n) is 7.10. The van der Waals surface area contributed by atoms with Crippen molar-refractivity contribution in [2.45, 2.75) is 44.1 Å². The molecule has 8 heteroatoms. The number of rotatable bonds is 7. The molecule has 0 spiro atoms. The number of H-pyrrole nitrogens is 1. The number of fused-ring (bicyclic) bond motifs is 3. The number of thioether (sulfide) groups is 1. The van der Waals surface area contributed by atoms with Gasteiger partial charge in [-0.25, -0.2) is 0 Å². The molecule has 6 rings (SSSR count). The number of carbonyl (C=O) groups is 1. The lowest BCUT2D eigenvalue weighted by atomic mass is 10.0. The fourth-order valence-electron chi connectivity index (χ4n) is 5.21. The van der Waals surface area contributed by atoms with Crippen molar-refractivity contribution in [3.05, 3.63) is 77.2 Å². The Morgan fingerprint density at radius 1 is 0.943 bits per heavy atom. The van der Waals surface area contributed by atoms with Gasteiger partial charge in [0.15, 0.2) is 5.16 Å². The highest BCUT2D eigenvalue weighted by atomic mass is 32.2. The van der Waals surface area contributed by atoms with E-state index in [9.17, 15) is 4.79 Å². The van der Waals surface area contributed by atoms with Crippen molar-refractivity contribution in [1.29, 1.82) is 0 Å². The highest BCUT2D eigenvalue weighted by Gasteiger charge is 2.25. The third kappa shape index (κ3) is 4.73. The molecule has 2 aliphatic rings. The van der Waals surface area contributed by atoms with E-state index >= 15 is 0 Å². The quantitative estimate of drug-likeness (QED) is 0.399. The Morgan fingerprint density at radius 2 is 1.74 bits per heavy atom. The molecule has 2 aromatic carbocycles. The Kier molecular flexibility index (Phi) is 6.31. The Morgan fingerprint density at radius 3 is 2.60 bits per heavy atom. The molecule has 1 fully saturated rings. The highest BCUT2D eigenvalue weighted by molar-refractivity contribution is 7.99. The van der Waals surface area contributed by atoms with Gasteiger partial charge in [0.2, 0.25) is 5.91 Å². The number of aromatic nitrogens is 4. The summed E-state index contributed by atoms with van der Waals surface area (Å²) >= 11 is 1.51. The van der Waals surface area contributed by atoms with Crippen LogP contribution in [0.5, 0.6) is 0 Å². The number of nitrogens with one attached hydrogen (secondary N) is 1. The monoisotopic (exact) mass is 486 g/mol. The summed E-state index contributed by atoms with van der Waals surface area (Å²) in [6.07, 6.45) is 3.36. The molecular formula is C27H30N6OS. The van der Waals surface area contributed by atoms with Gasteiger partial charge in [0.25, 0.3) is 0 Å². The Hall–Kier alpha value is -3.10. The Bertz CT molecular complexity index is 1320. The molecule has 4 heterocycles. The molecule has 0 atom stereocenters. The van der Waals surface area contributed by atoms with Crippen LogP contribution in [0.4, 0.5) is 0 Å². The van der Waals surface area contributed by atoms with Crippen LogP contribution in [0.3, 0.4) is 0 Å². The first-order chi connectivity index (χ1) is 17.2. The average Bonchev–Trinajstić information content (AvgIpc) is 3.63. The number of nitrogens with zero attached hydrogens (tertiary/aromatic N) is 5. The molecule has 0 unspecified atom stereocenters. The maximum atomic E-state index is 13.2. The second kappa shape index (κ2) is 9.87. The summed E-state index contributed by atoms with van der Waals surface area (Å²) in [7, 11) is 0. The van der Waals surface area contributed by atoms with Crippen LogP contribution >= 0.6 is 11.8 Å². The lowest BCUT2D eigenvalue weighted by Gasteiger charge is -2.27. The predicted molar refractivity (Wildman–Crippen MR) is 138 cm³/mol. The zero-order valence-electron chi connectivity index (χ0n) is 19.8. The summed E-state index contributed by atoms with van der Waals surface area (Å²) in [6, 6.07) is 18.8. The summed E-state index contributed by atoms with van der Waals surface area (Å²) in [5.74, 6) is 1.50. The third-order valence-corrected chi connectivity index (χ3v) is 8.05. The van der Waals surface area contributed by atoms with Crippen LogP contribution in [-0.4, -0.2) is 60.8 Å². The number of amides is 1. The topological polar surface area (TPSA) is 70.1 Å². The molecule has 2 aromatic heterocycles. The maximum Gasteiger partial charge on any atom is 0.233 e. The van der Waals surface area contributed by atoms with Crippen LogP contribution in [0.1, 0.15) is 35.5 Å². The summed E-state index contributed by atoms with van der Waals surface area (Å²) < 4.78 is 2.19. The second-order valence-electron chi connectivity index (χ2n) is 9.44. The van der Waals surface area contributed by atoms with Crippen LogP contribution in [0.25, 0.3) is 10.9 Å². The fraction of sp³-hybridized carbons (Fsp3) is 0.370. The molecule has 0 radical (unpaired) electrons. The molecule has 1 saturated heterocycles. The van der Waals surface area contributed by atoms with Gasteiger partial charge in [0.05, 0.1) is 18.8 Å². The minimum atomic E-state index is 0.154. The molecule has 35 heavy (non-hydrogen) atoms. The van der Waals surface area contributed by atoms with Crippen molar-refractivity contribution in [2.24, 2.45) is 0 Å². The van der Waals surface area contributed by atoms with Gasteiger partial charge in [-0.15, -0.1) is 10.2 Å². The van der Waals surface area contributed by atoms with Gasteiger partial charge in [-0.05, 0) is 37.6 Å². The van der Waals surface area contributed by atoms with E-state index in [1.807, 2.05) is 17.0 Å². The number of carbonyl (C=O) groups excluding carboxylic acids is 1. The number of benzene rings is 2. The minimum Gasteiger partial charge on any atom is -0.358 e. The number of aromatic amines is 1. The van der Waals surface area contributed by atoms with Gasteiger partial charge in [-0.2, -0.15) is 0 Å². The molecule has 4 aromatic rings. The SMILES string of the molecule is O=C(CSc1nnc(CN2CCCC2)n1Cc1ccccc1)N1CCc2[nH]c3ccccc3c2C1. The van der Waals surface area contributed by atoms with Crippen molar-refractivity contribution in [3.8, 4) is 0 Å². The molecule has 2 aliphatic heterocycles. The number of para-hydroxylation sites is 1. The second-order valence-corrected chi connectivity index (χ2v) is 10.4. The first kappa shape index (κ1) is 22.4. The van der Waals surface area contributed by atoms with Crippen LogP contribution in [0, 0.1) is 0 Å². The summed E-state index contributed by atoms with van der Waals surface area (Å²) in [6.45, 7) is 5.17. The number of hydrogen-bond acceptors (Lipinski definition) is 5. The molecule has 180 valence electrons. The lowest BCUT2D eigenvalue weighted by molar-refractivity contribution is -0.129. The van der Waals surface area contributed by atoms with Gasteiger partial charge >= 0.3 is 0 Å². The molecule has 7 nitrogen and oxygen atoms in total. The van der Waals surface area contributed by atoms with Gasteiger partial charge in [-0.1, -0.05) is 60.3 Å². The smallest absolute Gasteiger partial charge is 0.233 e. The normalized spacial score (nSPS) is 16.2. The lowest BCUT2D eigenvalue weighted by Crippen LogP contribution is -2.37. The molecule has 1 amide bonds. The van der Waals surface area contributed by atoms with Crippen LogP contribution in [0.2, 0.25) is 0 Å². The zero-order valence-corrected chi connectivity index (χ0v) is 20.6. The van der Waals surface area contributed by atoms with E-state index in [0.29, 0.717) is 12.3 Å². The summed E-state index contributed by atoms with van der Waals surface area (Å²) in [5.41, 5.74) is 4.88. The van der Waals surface area contributed by atoms with E-state index in [4.69, 9.17) is 0 Å². The van der Waals surface area contributed by atoms with Gasteiger partial charge in [-0.3, -0.25) is 9.69 Å². The largest absolute Gasteiger partial charge is 0.358 e. The van der Waals surface area contributed by atoms with E-state index in [1.165, 1.54) is 46.8 Å². The van der Waals surface area contributed by atoms with E-state index in [2.05, 4.69) is 67.1 Å². The van der Waals surface area contributed by atoms with Crippen molar-refractivity contribution < 1.29 is 4.79 Å². The molecular weight excluding hydrogens is 456 g/mol. The highest BCUT2D eigenvalue weighted by Crippen LogP contribution is 2.28. The van der Waals surface area contributed by atoms with Crippen molar-refractivity contribution in [3.63, 3.8) is 0 Å². The molecule has 0 aliphatic carbocycles. The maximum absolute atomic E-state index is 13.2. The van der Waals surface area contributed by atoms with Crippen LogP contribution in [0.15, 0.2) is 59.8 Å². The van der Waals surface area contributed by atoms with Crippen LogP contribution < -0.4 is 0 Å². The van der Waals surface area contributed by atoms with Crippen molar-refractivity contribution >= 4 is 28.6 Å². The molecule has 0 saturated carbocycles.